The average molecular weight is 454 g/mol. The Hall–Kier alpha value is -3.11. The van der Waals surface area contributed by atoms with Crippen molar-refractivity contribution in [2.45, 2.75) is 44.2 Å². The number of piperidine rings is 2. The third-order valence-electron chi connectivity index (χ3n) is 6.23. The molecule has 0 saturated carbocycles. The van der Waals surface area contributed by atoms with Crippen LogP contribution < -0.4 is 16.0 Å². The van der Waals surface area contributed by atoms with E-state index in [-0.39, 0.29) is 29.9 Å². The second-order valence-electron chi connectivity index (χ2n) is 8.28. The summed E-state index contributed by atoms with van der Waals surface area (Å²) in [5, 5.41) is 11.8. The summed E-state index contributed by atoms with van der Waals surface area (Å²) < 4.78 is 0. The van der Waals surface area contributed by atoms with Gasteiger partial charge >= 0.3 is 0 Å². The summed E-state index contributed by atoms with van der Waals surface area (Å²) >= 11 is 1.56. The van der Waals surface area contributed by atoms with Crippen molar-refractivity contribution in [1.29, 1.82) is 0 Å². The molecular formula is C22H23N5O4S. The molecule has 0 radical (unpaired) electrons. The zero-order chi connectivity index (χ0) is 22.2. The summed E-state index contributed by atoms with van der Waals surface area (Å²) in [6, 6.07) is 4.16. The zero-order valence-electron chi connectivity index (χ0n) is 17.3. The Morgan fingerprint density at radius 1 is 1.06 bits per heavy atom. The van der Waals surface area contributed by atoms with E-state index in [1.165, 1.54) is 0 Å². The standard InChI is InChI=1S/C22H23N5O4S/c28-18-4-3-17(19(29)26-18)27-20(30)14-2-1-12(9-15(14)21(27)31)10-24-22-25-16(11-32-22)13-5-7-23-8-6-13/h1-2,9,11,13,17,23H,3-8,10H2,(H,24,25)(H,26,28,29). The molecule has 4 amide bonds. The minimum absolute atomic E-state index is 0.103. The quantitative estimate of drug-likeness (QED) is 0.589. The Morgan fingerprint density at radius 3 is 2.62 bits per heavy atom. The molecule has 2 aromatic rings. The van der Waals surface area contributed by atoms with Gasteiger partial charge in [-0.25, -0.2) is 4.98 Å². The van der Waals surface area contributed by atoms with Gasteiger partial charge in [-0.1, -0.05) is 6.07 Å². The van der Waals surface area contributed by atoms with Crippen molar-refractivity contribution in [3.63, 3.8) is 0 Å². The van der Waals surface area contributed by atoms with Crippen molar-refractivity contribution in [2.75, 3.05) is 18.4 Å². The van der Waals surface area contributed by atoms with E-state index < -0.39 is 23.8 Å². The summed E-state index contributed by atoms with van der Waals surface area (Å²) in [5.74, 6) is -1.49. The maximum Gasteiger partial charge on any atom is 0.262 e. The lowest BCUT2D eigenvalue weighted by Crippen LogP contribution is -2.54. The number of rotatable bonds is 5. The second kappa shape index (κ2) is 8.44. The van der Waals surface area contributed by atoms with Crippen LogP contribution in [0.4, 0.5) is 5.13 Å². The smallest absolute Gasteiger partial charge is 0.262 e. The minimum atomic E-state index is -0.953. The van der Waals surface area contributed by atoms with Crippen LogP contribution in [0.25, 0.3) is 0 Å². The number of nitrogens with one attached hydrogen (secondary N) is 3. The largest absolute Gasteiger partial charge is 0.357 e. The molecule has 1 aromatic heterocycles. The molecule has 0 spiro atoms. The normalized spacial score (nSPS) is 21.6. The molecule has 2 fully saturated rings. The minimum Gasteiger partial charge on any atom is -0.357 e. The first-order chi connectivity index (χ1) is 15.5. The van der Waals surface area contributed by atoms with Crippen LogP contribution in [-0.2, 0) is 16.1 Å². The summed E-state index contributed by atoms with van der Waals surface area (Å²) in [5.41, 5.74) is 2.53. The fourth-order valence-corrected chi connectivity index (χ4v) is 5.27. The maximum atomic E-state index is 12.9. The highest BCUT2D eigenvalue weighted by molar-refractivity contribution is 7.13. The van der Waals surface area contributed by atoms with Gasteiger partial charge in [0.25, 0.3) is 11.8 Å². The molecule has 10 heteroatoms. The summed E-state index contributed by atoms with van der Waals surface area (Å²) in [6.45, 7) is 2.50. The Balaban J connectivity index is 1.27. The van der Waals surface area contributed by atoms with Crippen LogP contribution in [0, 0.1) is 0 Å². The van der Waals surface area contributed by atoms with Gasteiger partial charge in [-0.15, -0.1) is 11.3 Å². The van der Waals surface area contributed by atoms with Gasteiger partial charge in [0.15, 0.2) is 5.13 Å². The van der Waals surface area contributed by atoms with Crippen LogP contribution >= 0.6 is 11.3 Å². The first kappa shape index (κ1) is 20.8. The van der Waals surface area contributed by atoms with Crippen LogP contribution in [0.1, 0.15) is 63.6 Å². The van der Waals surface area contributed by atoms with E-state index >= 15 is 0 Å². The van der Waals surface area contributed by atoms with Gasteiger partial charge in [-0.3, -0.25) is 29.4 Å². The molecular weight excluding hydrogens is 430 g/mol. The molecule has 5 rings (SSSR count). The highest BCUT2D eigenvalue weighted by Gasteiger charge is 2.44. The van der Waals surface area contributed by atoms with Gasteiger partial charge in [-0.05, 0) is 50.0 Å². The van der Waals surface area contributed by atoms with Crippen molar-refractivity contribution in [1.82, 2.24) is 20.5 Å². The molecule has 3 aliphatic rings. The van der Waals surface area contributed by atoms with E-state index in [1.54, 1.807) is 29.5 Å². The first-order valence-electron chi connectivity index (χ1n) is 10.8. The number of hydrogen-bond acceptors (Lipinski definition) is 8. The molecule has 0 bridgehead atoms. The molecule has 32 heavy (non-hydrogen) atoms. The molecule has 1 atom stereocenters. The molecule has 2 saturated heterocycles. The van der Waals surface area contributed by atoms with Crippen LogP contribution in [0.2, 0.25) is 0 Å². The monoisotopic (exact) mass is 453 g/mol. The third-order valence-corrected chi connectivity index (χ3v) is 7.05. The van der Waals surface area contributed by atoms with Crippen molar-refractivity contribution in [2.24, 2.45) is 0 Å². The van der Waals surface area contributed by atoms with E-state index in [2.05, 4.69) is 21.3 Å². The second-order valence-corrected chi connectivity index (χ2v) is 9.14. The SMILES string of the molecule is O=C1CCC(N2C(=O)c3ccc(CNc4nc(C5CCNCC5)cs4)cc3C2=O)C(=O)N1. The lowest BCUT2D eigenvalue weighted by atomic mass is 9.96. The third kappa shape index (κ3) is 3.80. The lowest BCUT2D eigenvalue weighted by Gasteiger charge is -2.27. The van der Waals surface area contributed by atoms with Crippen LogP contribution in [0.3, 0.4) is 0 Å². The first-order valence-corrected chi connectivity index (χ1v) is 11.6. The van der Waals surface area contributed by atoms with E-state index in [9.17, 15) is 19.2 Å². The Labute approximate surface area is 188 Å². The Morgan fingerprint density at radius 2 is 1.84 bits per heavy atom. The topological polar surface area (TPSA) is 120 Å². The van der Waals surface area contributed by atoms with Gasteiger partial charge in [-0.2, -0.15) is 0 Å². The van der Waals surface area contributed by atoms with Gasteiger partial charge in [0.05, 0.1) is 16.8 Å². The predicted molar refractivity (Wildman–Crippen MR) is 117 cm³/mol. The van der Waals surface area contributed by atoms with Crippen LogP contribution in [0.5, 0.6) is 0 Å². The molecule has 4 heterocycles. The number of anilines is 1. The lowest BCUT2D eigenvalue weighted by molar-refractivity contribution is -0.136. The molecule has 1 aromatic carbocycles. The van der Waals surface area contributed by atoms with Gasteiger partial charge in [0.1, 0.15) is 6.04 Å². The number of hydrogen-bond donors (Lipinski definition) is 3. The van der Waals surface area contributed by atoms with E-state index in [0.29, 0.717) is 12.5 Å². The van der Waals surface area contributed by atoms with E-state index in [4.69, 9.17) is 4.98 Å². The molecule has 166 valence electrons. The fraction of sp³-hybridized carbons (Fsp3) is 0.409. The highest BCUT2D eigenvalue weighted by atomic mass is 32.1. The maximum absolute atomic E-state index is 12.9. The zero-order valence-corrected chi connectivity index (χ0v) is 18.2. The summed E-state index contributed by atoms with van der Waals surface area (Å²) in [6.07, 6.45) is 2.43. The molecule has 1 unspecified atom stereocenters. The highest BCUT2D eigenvalue weighted by Crippen LogP contribution is 2.30. The summed E-state index contributed by atoms with van der Waals surface area (Å²) in [4.78, 5) is 55.0. The number of aromatic nitrogens is 1. The van der Waals surface area contributed by atoms with Gasteiger partial charge in [0.2, 0.25) is 11.8 Å². The number of fused-ring (bicyclic) bond motifs is 1. The number of benzene rings is 1. The number of carbonyl (C=O) groups is 4. The van der Waals surface area contributed by atoms with Crippen molar-refractivity contribution < 1.29 is 19.2 Å². The fourth-order valence-electron chi connectivity index (χ4n) is 4.48. The number of nitrogens with zero attached hydrogens (tertiary/aromatic N) is 2. The van der Waals surface area contributed by atoms with E-state index in [1.807, 2.05) is 0 Å². The van der Waals surface area contributed by atoms with Crippen LogP contribution in [-0.4, -0.2) is 52.6 Å². The van der Waals surface area contributed by atoms with Crippen molar-refractivity contribution in [3.05, 3.63) is 46.0 Å². The molecule has 3 aliphatic heterocycles. The number of carbonyl (C=O) groups excluding carboxylic acids is 4. The Kier molecular flexibility index (Phi) is 5.48. The van der Waals surface area contributed by atoms with Crippen molar-refractivity contribution in [3.8, 4) is 0 Å². The number of imide groups is 2. The van der Waals surface area contributed by atoms with Gasteiger partial charge in [0, 0.05) is 24.3 Å². The predicted octanol–water partition coefficient (Wildman–Crippen LogP) is 1.62. The van der Waals surface area contributed by atoms with Crippen LogP contribution in [0.15, 0.2) is 23.6 Å². The number of thiazole rings is 1. The molecule has 0 aliphatic carbocycles. The number of amides is 4. The summed E-state index contributed by atoms with van der Waals surface area (Å²) in [7, 11) is 0. The van der Waals surface area contributed by atoms with E-state index in [0.717, 1.165) is 47.2 Å². The Bertz CT molecular complexity index is 1110. The average Bonchev–Trinajstić information content (AvgIpc) is 3.37. The molecule has 3 N–H and O–H groups in total. The molecule has 9 nitrogen and oxygen atoms in total. The van der Waals surface area contributed by atoms with Crippen molar-refractivity contribution >= 4 is 40.1 Å². The van der Waals surface area contributed by atoms with Gasteiger partial charge < -0.3 is 10.6 Å².